The van der Waals surface area contributed by atoms with E-state index >= 15 is 0 Å². The zero-order chi connectivity index (χ0) is 13.9. The third kappa shape index (κ3) is 3.69. The molecule has 7 heteroatoms. The average Bonchev–Trinajstić information content (AvgIpc) is 2.27. The van der Waals surface area contributed by atoms with Gasteiger partial charge < -0.3 is 10.4 Å². The van der Waals surface area contributed by atoms with Gasteiger partial charge in [0.25, 0.3) is 0 Å². The van der Waals surface area contributed by atoms with Crippen LogP contribution in [0.3, 0.4) is 0 Å². The Labute approximate surface area is 106 Å². The fourth-order valence-electron chi connectivity index (χ4n) is 1.25. The number of carboxylic acid groups (broad SMARTS) is 1. The lowest BCUT2D eigenvalue weighted by molar-refractivity contribution is 0.0696. The van der Waals surface area contributed by atoms with Gasteiger partial charge in [0.15, 0.2) is 14.9 Å². The van der Waals surface area contributed by atoms with Gasteiger partial charge >= 0.3 is 5.97 Å². The third-order valence-corrected chi connectivity index (χ3v) is 3.40. The van der Waals surface area contributed by atoms with E-state index in [1.807, 2.05) is 13.8 Å². The largest absolute Gasteiger partial charge is 0.478 e. The van der Waals surface area contributed by atoms with Crippen LogP contribution in [0.4, 0.5) is 5.82 Å². The fraction of sp³-hybridized carbons (Fsp3) is 0.455. The van der Waals surface area contributed by atoms with Crippen molar-refractivity contribution in [2.24, 2.45) is 0 Å². The predicted octanol–water partition coefficient (Wildman–Crippen LogP) is 1.39. The molecule has 0 fully saturated rings. The molecule has 18 heavy (non-hydrogen) atoms. The first-order valence-corrected chi connectivity index (χ1v) is 7.35. The molecule has 0 aliphatic carbocycles. The quantitative estimate of drug-likeness (QED) is 0.841. The van der Waals surface area contributed by atoms with Crippen LogP contribution in [0.15, 0.2) is 17.2 Å². The second-order valence-corrected chi connectivity index (χ2v) is 6.07. The van der Waals surface area contributed by atoms with E-state index in [0.29, 0.717) is 0 Å². The summed E-state index contributed by atoms with van der Waals surface area (Å²) in [5.74, 6) is -0.931. The van der Waals surface area contributed by atoms with Crippen molar-refractivity contribution < 1.29 is 18.3 Å². The number of hydrogen-bond donors (Lipinski definition) is 2. The first-order chi connectivity index (χ1) is 8.24. The molecule has 6 nitrogen and oxygen atoms in total. The van der Waals surface area contributed by atoms with Gasteiger partial charge in [-0.15, -0.1) is 0 Å². The van der Waals surface area contributed by atoms with E-state index in [2.05, 4.69) is 10.3 Å². The molecule has 0 aliphatic heterocycles. The lowest BCUT2D eigenvalue weighted by Gasteiger charge is -2.13. The monoisotopic (exact) mass is 272 g/mol. The standard InChI is InChI=1S/C11H16N2O4S/c1-4-7(2)12-9-5-8(11(14)15)6-10(13-9)18(3,16)17/h5-7H,4H2,1-3H3,(H,12,13)(H,14,15). The number of hydrogen-bond acceptors (Lipinski definition) is 5. The van der Waals surface area contributed by atoms with Gasteiger partial charge in [-0.25, -0.2) is 18.2 Å². The highest BCUT2D eigenvalue weighted by molar-refractivity contribution is 7.90. The SMILES string of the molecule is CCC(C)Nc1cc(C(=O)O)cc(S(C)(=O)=O)n1. The van der Waals surface area contributed by atoms with Crippen LogP contribution >= 0.6 is 0 Å². The van der Waals surface area contributed by atoms with E-state index in [0.717, 1.165) is 18.7 Å². The number of carbonyl (C=O) groups is 1. The molecule has 0 amide bonds. The highest BCUT2D eigenvalue weighted by Gasteiger charge is 2.15. The summed E-state index contributed by atoms with van der Waals surface area (Å²) in [6.07, 6.45) is 1.81. The van der Waals surface area contributed by atoms with Crippen LogP contribution in [0, 0.1) is 0 Å². The Morgan fingerprint density at radius 3 is 2.56 bits per heavy atom. The summed E-state index contributed by atoms with van der Waals surface area (Å²) >= 11 is 0. The summed E-state index contributed by atoms with van der Waals surface area (Å²) in [5.41, 5.74) is -0.101. The average molecular weight is 272 g/mol. The summed E-state index contributed by atoms with van der Waals surface area (Å²) in [5, 5.41) is 11.7. The maximum atomic E-state index is 11.4. The molecule has 1 atom stereocenters. The lowest BCUT2D eigenvalue weighted by Crippen LogP contribution is -2.16. The molecule has 1 heterocycles. The highest BCUT2D eigenvalue weighted by atomic mass is 32.2. The van der Waals surface area contributed by atoms with E-state index in [1.54, 1.807) is 0 Å². The Morgan fingerprint density at radius 2 is 2.11 bits per heavy atom. The molecule has 0 aromatic carbocycles. The maximum Gasteiger partial charge on any atom is 0.335 e. The molecule has 0 aliphatic rings. The van der Waals surface area contributed by atoms with E-state index in [-0.39, 0.29) is 22.4 Å². The van der Waals surface area contributed by atoms with Crippen LogP contribution in [0.1, 0.15) is 30.6 Å². The normalized spacial score (nSPS) is 13.1. The third-order valence-electron chi connectivity index (χ3n) is 2.44. The number of rotatable bonds is 5. The molecule has 0 spiro atoms. The van der Waals surface area contributed by atoms with E-state index < -0.39 is 15.8 Å². The molecular weight excluding hydrogens is 256 g/mol. The Kier molecular flexibility index (Phi) is 4.28. The topological polar surface area (TPSA) is 96.4 Å². The van der Waals surface area contributed by atoms with Crippen molar-refractivity contribution in [2.75, 3.05) is 11.6 Å². The zero-order valence-corrected chi connectivity index (χ0v) is 11.3. The van der Waals surface area contributed by atoms with E-state index in [9.17, 15) is 13.2 Å². The Bertz CT molecular complexity index is 554. The molecule has 0 radical (unpaired) electrons. The molecule has 0 bridgehead atoms. The smallest absolute Gasteiger partial charge is 0.335 e. The minimum absolute atomic E-state index is 0.0777. The molecule has 1 unspecified atom stereocenters. The van der Waals surface area contributed by atoms with Crippen molar-refractivity contribution in [3.05, 3.63) is 17.7 Å². The van der Waals surface area contributed by atoms with Gasteiger partial charge in [-0.3, -0.25) is 0 Å². The number of anilines is 1. The van der Waals surface area contributed by atoms with Gasteiger partial charge in [0.05, 0.1) is 5.56 Å². The van der Waals surface area contributed by atoms with Gasteiger partial charge in [-0.2, -0.15) is 0 Å². The number of nitrogens with one attached hydrogen (secondary N) is 1. The van der Waals surface area contributed by atoms with Gasteiger partial charge in [0, 0.05) is 12.3 Å². The van der Waals surface area contributed by atoms with Crippen LogP contribution < -0.4 is 5.32 Å². The number of carboxylic acids is 1. The highest BCUT2D eigenvalue weighted by Crippen LogP contribution is 2.16. The van der Waals surface area contributed by atoms with Gasteiger partial charge in [0.1, 0.15) is 5.82 Å². The predicted molar refractivity (Wildman–Crippen MR) is 67.7 cm³/mol. The summed E-state index contributed by atoms with van der Waals surface area (Å²) in [6, 6.07) is 2.46. The van der Waals surface area contributed by atoms with Crippen LogP contribution in [-0.2, 0) is 9.84 Å². The van der Waals surface area contributed by atoms with Crippen molar-refractivity contribution in [3.63, 3.8) is 0 Å². The first kappa shape index (κ1) is 14.4. The lowest BCUT2D eigenvalue weighted by atomic mass is 10.2. The van der Waals surface area contributed by atoms with Crippen LogP contribution in [0.25, 0.3) is 0 Å². The molecule has 1 rings (SSSR count). The van der Waals surface area contributed by atoms with Crippen LogP contribution in [0.2, 0.25) is 0 Å². The molecule has 1 aromatic heterocycles. The van der Waals surface area contributed by atoms with Gasteiger partial charge in [-0.1, -0.05) is 6.92 Å². The summed E-state index contributed by atoms with van der Waals surface area (Å²) in [6.45, 7) is 3.85. The number of aromatic nitrogens is 1. The summed E-state index contributed by atoms with van der Waals surface area (Å²) in [4.78, 5) is 14.8. The van der Waals surface area contributed by atoms with Crippen LogP contribution in [0.5, 0.6) is 0 Å². The molecular formula is C11H16N2O4S. The second-order valence-electron chi connectivity index (χ2n) is 4.11. The van der Waals surface area contributed by atoms with Crippen molar-refractivity contribution >= 4 is 21.6 Å². The summed E-state index contributed by atoms with van der Waals surface area (Å²) < 4.78 is 22.9. The molecule has 0 saturated heterocycles. The van der Waals surface area contributed by atoms with E-state index in [1.165, 1.54) is 6.07 Å². The fourth-order valence-corrected chi connectivity index (χ4v) is 1.85. The molecule has 100 valence electrons. The van der Waals surface area contributed by atoms with E-state index in [4.69, 9.17) is 5.11 Å². The van der Waals surface area contributed by atoms with Crippen molar-refractivity contribution in [3.8, 4) is 0 Å². The molecule has 0 saturated carbocycles. The zero-order valence-electron chi connectivity index (χ0n) is 10.5. The number of sulfone groups is 1. The van der Waals surface area contributed by atoms with Gasteiger partial charge in [0.2, 0.25) is 0 Å². The van der Waals surface area contributed by atoms with Crippen LogP contribution in [-0.4, -0.2) is 36.8 Å². The molecule has 2 N–H and O–H groups in total. The second kappa shape index (κ2) is 5.34. The number of nitrogens with zero attached hydrogens (tertiary/aromatic N) is 1. The summed E-state index contributed by atoms with van der Waals surface area (Å²) in [7, 11) is -3.54. The Morgan fingerprint density at radius 1 is 1.50 bits per heavy atom. The minimum Gasteiger partial charge on any atom is -0.478 e. The van der Waals surface area contributed by atoms with Crippen molar-refractivity contribution in [1.29, 1.82) is 0 Å². The molecule has 1 aromatic rings. The maximum absolute atomic E-state index is 11.4. The minimum atomic E-state index is -3.54. The number of pyridine rings is 1. The Balaban J connectivity index is 3.27. The van der Waals surface area contributed by atoms with Crippen molar-refractivity contribution in [2.45, 2.75) is 31.3 Å². The van der Waals surface area contributed by atoms with Crippen molar-refractivity contribution in [1.82, 2.24) is 4.98 Å². The van der Waals surface area contributed by atoms with Gasteiger partial charge in [-0.05, 0) is 25.5 Å². The number of aromatic carboxylic acids is 1. The Hall–Kier alpha value is -1.63. The first-order valence-electron chi connectivity index (χ1n) is 5.46.